The number of carbonyl (C=O) groups excluding carboxylic acids is 1. The minimum Gasteiger partial charge on any atom is -0.342 e. The first kappa shape index (κ1) is 17.4. The van der Waals surface area contributed by atoms with Crippen LogP contribution >= 0.6 is 23.1 Å². The first-order valence-electron chi connectivity index (χ1n) is 8.20. The van der Waals surface area contributed by atoms with Crippen molar-refractivity contribution in [2.75, 3.05) is 13.1 Å². The Bertz CT molecular complexity index is 693. The van der Waals surface area contributed by atoms with E-state index in [0.29, 0.717) is 5.92 Å². The quantitative estimate of drug-likeness (QED) is 0.738. The van der Waals surface area contributed by atoms with Crippen molar-refractivity contribution in [1.82, 2.24) is 9.88 Å². The molecule has 0 aliphatic carbocycles. The molecule has 1 saturated heterocycles. The fourth-order valence-electron chi connectivity index (χ4n) is 2.75. The second kappa shape index (κ2) is 7.66. The second-order valence-corrected chi connectivity index (χ2v) is 8.72. The summed E-state index contributed by atoms with van der Waals surface area (Å²) < 4.78 is 13.9. The van der Waals surface area contributed by atoms with E-state index < -0.39 is 0 Å². The summed E-state index contributed by atoms with van der Waals surface area (Å²) in [5, 5.41) is 1.82. The number of likely N-dealkylation sites (tertiary alicyclic amines) is 1. The molecule has 3 rings (SSSR count). The number of benzene rings is 1. The van der Waals surface area contributed by atoms with Gasteiger partial charge < -0.3 is 4.90 Å². The van der Waals surface area contributed by atoms with Crippen molar-refractivity contribution in [2.24, 2.45) is 5.92 Å². The molecule has 0 N–H and O–H groups in total. The van der Waals surface area contributed by atoms with E-state index >= 15 is 0 Å². The van der Waals surface area contributed by atoms with Crippen LogP contribution in [0.25, 0.3) is 11.3 Å². The van der Waals surface area contributed by atoms with Crippen LogP contribution in [0.4, 0.5) is 4.39 Å². The summed E-state index contributed by atoms with van der Waals surface area (Å²) in [4.78, 5) is 19.1. The Morgan fingerprint density at radius 1 is 1.33 bits per heavy atom. The van der Waals surface area contributed by atoms with Gasteiger partial charge in [0, 0.05) is 24.0 Å². The zero-order valence-corrected chi connectivity index (χ0v) is 15.5. The number of nitrogens with zero attached hydrogens (tertiary/aromatic N) is 2. The smallest absolute Gasteiger partial charge is 0.235 e. The fourth-order valence-corrected chi connectivity index (χ4v) is 4.81. The molecule has 3 nitrogen and oxygen atoms in total. The van der Waals surface area contributed by atoms with Crippen molar-refractivity contribution < 1.29 is 9.18 Å². The molecular weight excluding hydrogens is 343 g/mol. The number of thioether (sulfide) groups is 1. The van der Waals surface area contributed by atoms with Crippen LogP contribution < -0.4 is 0 Å². The van der Waals surface area contributed by atoms with E-state index in [2.05, 4.69) is 11.9 Å². The number of piperidine rings is 1. The molecule has 1 aliphatic heterocycles. The summed E-state index contributed by atoms with van der Waals surface area (Å²) in [7, 11) is 0. The van der Waals surface area contributed by atoms with Crippen LogP contribution in [-0.2, 0) is 4.79 Å². The molecule has 0 spiro atoms. The Labute approximate surface area is 150 Å². The summed E-state index contributed by atoms with van der Waals surface area (Å²) in [6.07, 6.45) is 2.18. The number of thiazole rings is 1. The highest BCUT2D eigenvalue weighted by Crippen LogP contribution is 2.32. The average molecular weight is 365 g/mol. The predicted molar refractivity (Wildman–Crippen MR) is 97.8 cm³/mol. The van der Waals surface area contributed by atoms with Crippen molar-refractivity contribution in [1.29, 1.82) is 0 Å². The van der Waals surface area contributed by atoms with E-state index in [1.54, 1.807) is 12.1 Å². The summed E-state index contributed by atoms with van der Waals surface area (Å²) in [5.41, 5.74) is 1.72. The monoisotopic (exact) mass is 364 g/mol. The van der Waals surface area contributed by atoms with Crippen LogP contribution in [0.2, 0.25) is 0 Å². The van der Waals surface area contributed by atoms with E-state index in [1.807, 2.05) is 17.2 Å². The van der Waals surface area contributed by atoms with Gasteiger partial charge in [-0.2, -0.15) is 0 Å². The summed E-state index contributed by atoms with van der Waals surface area (Å²) in [6.45, 7) is 5.92. The van der Waals surface area contributed by atoms with E-state index in [9.17, 15) is 9.18 Å². The second-order valence-electron chi connectivity index (χ2n) is 6.27. The van der Waals surface area contributed by atoms with Gasteiger partial charge in [-0.25, -0.2) is 9.37 Å². The molecule has 1 aromatic carbocycles. The van der Waals surface area contributed by atoms with Gasteiger partial charge in [-0.1, -0.05) is 18.7 Å². The van der Waals surface area contributed by atoms with Crippen molar-refractivity contribution in [3.05, 3.63) is 35.5 Å². The van der Waals surface area contributed by atoms with Crippen molar-refractivity contribution in [3.63, 3.8) is 0 Å². The molecule has 1 aromatic heterocycles. The molecule has 2 aromatic rings. The van der Waals surface area contributed by atoms with Gasteiger partial charge in [-0.05, 0) is 49.9 Å². The number of rotatable bonds is 4. The van der Waals surface area contributed by atoms with Gasteiger partial charge in [-0.3, -0.25) is 4.79 Å². The molecule has 1 atom stereocenters. The van der Waals surface area contributed by atoms with Gasteiger partial charge in [0.2, 0.25) is 5.91 Å². The van der Waals surface area contributed by atoms with Crippen LogP contribution in [0.1, 0.15) is 26.7 Å². The first-order valence-corrected chi connectivity index (χ1v) is 9.96. The van der Waals surface area contributed by atoms with Crippen molar-refractivity contribution >= 4 is 29.0 Å². The third-order valence-corrected chi connectivity index (χ3v) is 6.40. The Morgan fingerprint density at radius 3 is 2.67 bits per heavy atom. The number of hydrogen-bond acceptors (Lipinski definition) is 4. The van der Waals surface area contributed by atoms with E-state index in [-0.39, 0.29) is 17.0 Å². The lowest BCUT2D eigenvalue weighted by Gasteiger charge is -2.31. The van der Waals surface area contributed by atoms with E-state index in [1.165, 1.54) is 35.2 Å². The zero-order valence-electron chi connectivity index (χ0n) is 13.9. The number of hydrogen-bond donors (Lipinski definition) is 0. The Balaban J connectivity index is 1.61. The van der Waals surface area contributed by atoms with Gasteiger partial charge >= 0.3 is 0 Å². The number of carbonyl (C=O) groups is 1. The molecule has 1 fully saturated rings. The van der Waals surface area contributed by atoms with Crippen LogP contribution in [0, 0.1) is 11.7 Å². The molecule has 6 heteroatoms. The predicted octanol–water partition coefficient (Wildman–Crippen LogP) is 4.69. The third kappa shape index (κ3) is 4.16. The molecule has 1 aliphatic rings. The molecular formula is C18H21FN2OS2. The maximum atomic E-state index is 13.0. The molecule has 1 amide bonds. The highest BCUT2D eigenvalue weighted by atomic mass is 32.2. The Hall–Kier alpha value is -1.40. The zero-order chi connectivity index (χ0) is 17.1. The minimum absolute atomic E-state index is 0.134. The Kier molecular flexibility index (Phi) is 5.56. The molecule has 0 saturated carbocycles. The van der Waals surface area contributed by atoms with Crippen LogP contribution in [0.5, 0.6) is 0 Å². The standard InChI is InChI=1S/C18H21FN2OS2/c1-12-7-9-21(10-8-12)17(22)13(2)24-18-20-16(11-23-18)14-3-5-15(19)6-4-14/h3-6,11-13H,7-10H2,1-2H3. The van der Waals surface area contributed by atoms with Gasteiger partial charge in [0.05, 0.1) is 10.9 Å². The van der Waals surface area contributed by atoms with E-state index in [0.717, 1.165) is 41.5 Å². The molecule has 0 bridgehead atoms. The molecule has 128 valence electrons. The lowest BCUT2D eigenvalue weighted by Crippen LogP contribution is -2.41. The number of amides is 1. The van der Waals surface area contributed by atoms with Crippen LogP contribution in [-0.4, -0.2) is 34.1 Å². The summed E-state index contributed by atoms with van der Waals surface area (Å²) >= 11 is 3.04. The fraction of sp³-hybridized carbons (Fsp3) is 0.444. The van der Waals surface area contributed by atoms with Crippen LogP contribution in [0.15, 0.2) is 34.0 Å². The largest absolute Gasteiger partial charge is 0.342 e. The summed E-state index contributed by atoms with van der Waals surface area (Å²) in [5.74, 6) is 0.665. The third-order valence-electron chi connectivity index (χ3n) is 4.34. The minimum atomic E-state index is -0.251. The molecule has 2 heterocycles. The Morgan fingerprint density at radius 2 is 2.00 bits per heavy atom. The normalized spacial score (nSPS) is 17.0. The van der Waals surface area contributed by atoms with E-state index in [4.69, 9.17) is 0 Å². The van der Waals surface area contributed by atoms with Gasteiger partial charge in [0.15, 0.2) is 4.34 Å². The van der Waals surface area contributed by atoms with Gasteiger partial charge in [-0.15, -0.1) is 11.3 Å². The first-order chi connectivity index (χ1) is 11.5. The molecule has 1 unspecified atom stereocenters. The number of aromatic nitrogens is 1. The van der Waals surface area contributed by atoms with Crippen molar-refractivity contribution in [2.45, 2.75) is 36.3 Å². The molecule has 0 radical (unpaired) electrons. The van der Waals surface area contributed by atoms with Gasteiger partial charge in [0.1, 0.15) is 5.82 Å². The number of halogens is 1. The highest BCUT2D eigenvalue weighted by Gasteiger charge is 2.25. The SMILES string of the molecule is CC1CCN(C(=O)C(C)Sc2nc(-c3ccc(F)cc3)cs2)CC1. The maximum absolute atomic E-state index is 13.0. The van der Waals surface area contributed by atoms with Gasteiger partial charge in [0.25, 0.3) is 0 Å². The average Bonchev–Trinajstić information content (AvgIpc) is 3.04. The molecule has 24 heavy (non-hydrogen) atoms. The maximum Gasteiger partial charge on any atom is 0.235 e. The lowest BCUT2D eigenvalue weighted by molar-refractivity contribution is -0.131. The van der Waals surface area contributed by atoms with Crippen LogP contribution in [0.3, 0.4) is 0 Å². The summed E-state index contributed by atoms with van der Waals surface area (Å²) in [6, 6.07) is 6.32. The topological polar surface area (TPSA) is 33.2 Å². The van der Waals surface area contributed by atoms with Crippen molar-refractivity contribution in [3.8, 4) is 11.3 Å². The highest BCUT2D eigenvalue weighted by molar-refractivity contribution is 8.02. The lowest BCUT2D eigenvalue weighted by atomic mass is 9.99.